The summed E-state index contributed by atoms with van der Waals surface area (Å²) >= 11 is 1.20. The fraction of sp³-hybridized carbons (Fsp3) is 0.474. The molecule has 0 aliphatic carbocycles. The summed E-state index contributed by atoms with van der Waals surface area (Å²) in [6, 6.07) is 0.769. The van der Waals surface area contributed by atoms with Crippen LogP contribution in [-0.2, 0) is 25.5 Å². The number of nitrogens with two attached hydrogens (primary N) is 3. The summed E-state index contributed by atoms with van der Waals surface area (Å²) in [4.78, 5) is 41.2. The summed E-state index contributed by atoms with van der Waals surface area (Å²) in [5, 5.41) is 7.07. The van der Waals surface area contributed by atoms with Crippen LogP contribution in [0, 0.1) is 0 Å². The molecule has 0 unspecified atom stereocenters. The zero-order chi connectivity index (χ0) is 23.0. The predicted molar refractivity (Wildman–Crippen MR) is 116 cm³/mol. The quantitative estimate of drug-likeness (QED) is 0.234. The highest BCUT2D eigenvalue weighted by Gasteiger charge is 2.30. The normalized spacial score (nSPS) is 15.7. The van der Waals surface area contributed by atoms with Gasteiger partial charge in [0.1, 0.15) is 6.04 Å². The lowest BCUT2D eigenvalue weighted by Crippen LogP contribution is -2.67. The number of aliphatic imine (C=N–C) groups is 1. The van der Waals surface area contributed by atoms with Gasteiger partial charge in [-0.05, 0) is 37.3 Å². The third-order valence-electron chi connectivity index (χ3n) is 4.38. The average molecular weight is 453 g/mol. The molecule has 8 N–H and O–H groups in total. The fourth-order valence-corrected chi connectivity index (χ4v) is 3.69. The third-order valence-corrected chi connectivity index (χ3v) is 5.33. The number of hydrogen-bond donors (Lipinski definition) is 5. The Morgan fingerprint density at radius 3 is 2.61 bits per heavy atom. The first-order valence-electron chi connectivity index (χ1n) is 9.76. The molecule has 11 nitrogen and oxygen atoms in total. The molecule has 1 aromatic heterocycles. The summed E-state index contributed by atoms with van der Waals surface area (Å²) in [7, 11) is 0. The third kappa shape index (κ3) is 6.77. The molecule has 0 saturated carbocycles. The first-order chi connectivity index (χ1) is 14.7. The molecule has 0 spiro atoms. The second-order valence-electron chi connectivity index (χ2n) is 6.74. The van der Waals surface area contributed by atoms with E-state index in [2.05, 4.69) is 15.6 Å². The van der Waals surface area contributed by atoms with E-state index in [4.69, 9.17) is 26.7 Å². The van der Waals surface area contributed by atoms with E-state index in [9.17, 15) is 14.4 Å². The molecule has 1 aliphatic heterocycles. The van der Waals surface area contributed by atoms with Gasteiger partial charge in [0.15, 0.2) is 11.7 Å². The van der Waals surface area contributed by atoms with Crippen molar-refractivity contribution in [1.29, 1.82) is 0 Å². The van der Waals surface area contributed by atoms with Crippen molar-refractivity contribution in [3.05, 3.63) is 33.7 Å². The standard InChI is InChI=1S/C19H28N6O5S/c1-3-29-14(26)6-5-13(17(28)30-4-2)24-16(27)15-11(7-8-31-15)9-12-10-23-18(20)25-19(12,21)22/h7-8,10,13H,3-6,9,21-22H2,1-2H3,(H,24,27)(H3,20,23,25)/t13-/m0/s1. The van der Waals surface area contributed by atoms with Gasteiger partial charge in [0.2, 0.25) is 0 Å². The lowest BCUT2D eigenvalue weighted by atomic mass is 10.00. The molecular weight excluding hydrogens is 424 g/mol. The first kappa shape index (κ1) is 24.3. The molecule has 1 aromatic rings. The van der Waals surface area contributed by atoms with Crippen LogP contribution in [0.3, 0.4) is 0 Å². The van der Waals surface area contributed by atoms with Crippen molar-refractivity contribution in [3.63, 3.8) is 0 Å². The molecule has 31 heavy (non-hydrogen) atoms. The lowest BCUT2D eigenvalue weighted by Gasteiger charge is -2.31. The molecule has 0 saturated heterocycles. The summed E-state index contributed by atoms with van der Waals surface area (Å²) in [6.07, 6.45) is 1.74. The molecule has 2 rings (SSSR count). The topological polar surface area (TPSA) is 184 Å². The molecular formula is C19H28N6O5S. The second-order valence-corrected chi connectivity index (χ2v) is 7.65. The Bertz CT molecular complexity index is 879. The van der Waals surface area contributed by atoms with Gasteiger partial charge in [0, 0.05) is 24.6 Å². The van der Waals surface area contributed by atoms with Gasteiger partial charge in [0.05, 0.1) is 18.1 Å². The summed E-state index contributed by atoms with van der Waals surface area (Å²) < 4.78 is 9.91. The Kier molecular flexibility index (Phi) is 8.54. The fourth-order valence-electron chi connectivity index (χ4n) is 2.86. The van der Waals surface area contributed by atoms with E-state index in [1.54, 1.807) is 25.3 Å². The number of esters is 2. The Labute approximate surface area is 184 Å². The van der Waals surface area contributed by atoms with E-state index >= 15 is 0 Å². The molecule has 0 aromatic carbocycles. The number of hydrogen-bond acceptors (Lipinski definition) is 11. The largest absolute Gasteiger partial charge is 0.466 e. The summed E-state index contributed by atoms with van der Waals surface area (Å²) in [5.74, 6) is -2.86. The van der Waals surface area contributed by atoms with E-state index in [0.29, 0.717) is 16.0 Å². The van der Waals surface area contributed by atoms with Crippen LogP contribution in [0.2, 0.25) is 0 Å². The zero-order valence-electron chi connectivity index (χ0n) is 17.5. The van der Waals surface area contributed by atoms with E-state index in [0.717, 1.165) is 0 Å². The van der Waals surface area contributed by atoms with Crippen molar-refractivity contribution >= 4 is 35.1 Å². The highest BCUT2D eigenvalue weighted by Crippen LogP contribution is 2.23. The number of carbonyl (C=O) groups excluding carboxylic acids is 3. The van der Waals surface area contributed by atoms with E-state index in [1.165, 1.54) is 17.5 Å². The van der Waals surface area contributed by atoms with Crippen LogP contribution in [0.25, 0.3) is 0 Å². The van der Waals surface area contributed by atoms with E-state index in [1.807, 2.05) is 0 Å². The van der Waals surface area contributed by atoms with Gasteiger partial charge < -0.3 is 25.8 Å². The molecule has 170 valence electrons. The number of rotatable bonds is 10. The summed E-state index contributed by atoms with van der Waals surface area (Å²) in [6.45, 7) is 3.73. The van der Waals surface area contributed by atoms with Gasteiger partial charge in [-0.2, -0.15) is 0 Å². The Hall–Kier alpha value is -2.96. The SMILES string of the molecule is CCOC(=O)CC[C@H](NC(=O)c1sccc1CC1=CN=C(N)NC1(N)N)C(=O)OCC. The maximum Gasteiger partial charge on any atom is 0.328 e. The Morgan fingerprint density at radius 1 is 1.26 bits per heavy atom. The predicted octanol–water partition coefficient (Wildman–Crippen LogP) is -0.332. The highest BCUT2D eigenvalue weighted by atomic mass is 32.1. The van der Waals surface area contributed by atoms with E-state index < -0.39 is 29.7 Å². The van der Waals surface area contributed by atoms with Crippen molar-refractivity contribution < 1.29 is 23.9 Å². The molecule has 1 atom stereocenters. The zero-order valence-corrected chi connectivity index (χ0v) is 18.3. The minimum atomic E-state index is -1.41. The highest BCUT2D eigenvalue weighted by molar-refractivity contribution is 7.12. The molecule has 0 radical (unpaired) electrons. The number of nitrogens with one attached hydrogen (secondary N) is 2. The van der Waals surface area contributed by atoms with Gasteiger partial charge in [-0.1, -0.05) is 0 Å². The van der Waals surface area contributed by atoms with Gasteiger partial charge in [-0.15, -0.1) is 11.3 Å². The van der Waals surface area contributed by atoms with Crippen LogP contribution >= 0.6 is 11.3 Å². The van der Waals surface area contributed by atoms with Crippen molar-refractivity contribution in [2.24, 2.45) is 22.2 Å². The van der Waals surface area contributed by atoms with Crippen LogP contribution in [-0.4, -0.2) is 48.8 Å². The Balaban J connectivity index is 2.13. The van der Waals surface area contributed by atoms with Gasteiger partial charge in [-0.3, -0.25) is 21.1 Å². The molecule has 1 aliphatic rings. The minimum Gasteiger partial charge on any atom is -0.466 e. The molecule has 12 heteroatoms. The number of guanidine groups is 1. The van der Waals surface area contributed by atoms with Crippen molar-refractivity contribution in [1.82, 2.24) is 10.6 Å². The van der Waals surface area contributed by atoms with Crippen LogP contribution in [0.4, 0.5) is 0 Å². The molecule has 0 bridgehead atoms. The van der Waals surface area contributed by atoms with E-state index in [-0.39, 0.29) is 38.4 Å². The minimum absolute atomic E-state index is 0.0320. The number of amides is 1. The first-order valence-corrected chi connectivity index (χ1v) is 10.6. The maximum atomic E-state index is 12.9. The summed E-state index contributed by atoms with van der Waals surface area (Å²) in [5.41, 5.74) is 18.8. The number of carbonyl (C=O) groups is 3. The van der Waals surface area contributed by atoms with Crippen LogP contribution in [0.1, 0.15) is 41.9 Å². The molecule has 2 heterocycles. The molecule has 0 fully saturated rings. The van der Waals surface area contributed by atoms with Crippen LogP contribution in [0.5, 0.6) is 0 Å². The number of thiophene rings is 1. The van der Waals surface area contributed by atoms with Crippen molar-refractivity contribution in [3.8, 4) is 0 Å². The van der Waals surface area contributed by atoms with Crippen LogP contribution < -0.4 is 27.8 Å². The van der Waals surface area contributed by atoms with Gasteiger partial charge >= 0.3 is 11.9 Å². The number of ether oxygens (including phenoxy) is 2. The van der Waals surface area contributed by atoms with Gasteiger partial charge in [0.25, 0.3) is 5.91 Å². The monoisotopic (exact) mass is 452 g/mol. The molecule has 1 amide bonds. The maximum absolute atomic E-state index is 12.9. The smallest absolute Gasteiger partial charge is 0.328 e. The lowest BCUT2D eigenvalue weighted by molar-refractivity contribution is -0.146. The van der Waals surface area contributed by atoms with Gasteiger partial charge in [-0.25, -0.2) is 9.79 Å². The average Bonchev–Trinajstić information content (AvgIpc) is 3.15. The second kappa shape index (κ2) is 10.9. The van der Waals surface area contributed by atoms with Crippen molar-refractivity contribution in [2.45, 2.75) is 44.9 Å². The van der Waals surface area contributed by atoms with Crippen molar-refractivity contribution in [2.75, 3.05) is 13.2 Å². The Morgan fingerprint density at radius 2 is 1.97 bits per heavy atom. The van der Waals surface area contributed by atoms with Crippen LogP contribution in [0.15, 0.2) is 28.2 Å². The number of nitrogens with zero attached hydrogens (tertiary/aromatic N) is 1.